The maximum absolute atomic E-state index is 12.1. The highest BCUT2D eigenvalue weighted by Gasteiger charge is 2.40. The van der Waals surface area contributed by atoms with Crippen molar-refractivity contribution in [1.29, 1.82) is 0 Å². The van der Waals surface area contributed by atoms with Gasteiger partial charge in [0, 0.05) is 0 Å². The lowest BCUT2D eigenvalue weighted by molar-refractivity contribution is -0.182. The molecule has 0 bridgehead atoms. The first-order valence-electron chi connectivity index (χ1n) is 3.54. The van der Waals surface area contributed by atoms with Gasteiger partial charge >= 0.3 is 6.18 Å². The van der Waals surface area contributed by atoms with Gasteiger partial charge in [0.1, 0.15) is 0 Å². The Bertz CT molecular complexity index is 159. The zero-order chi connectivity index (χ0) is 9.99. The molecule has 1 nitrogen and oxygen atoms in total. The highest BCUT2D eigenvalue weighted by molar-refractivity contribution is 6.69. The van der Waals surface area contributed by atoms with Crippen molar-refractivity contribution >= 4 is 8.32 Å². The van der Waals surface area contributed by atoms with Crippen LogP contribution in [0.1, 0.15) is 0 Å². The van der Waals surface area contributed by atoms with Crippen molar-refractivity contribution in [3.8, 4) is 0 Å². The van der Waals surface area contributed by atoms with Gasteiger partial charge in [-0.3, -0.25) is 0 Å². The summed E-state index contributed by atoms with van der Waals surface area (Å²) >= 11 is 0. The van der Waals surface area contributed by atoms with E-state index in [1.807, 2.05) is 0 Å². The first kappa shape index (κ1) is 11.7. The summed E-state index contributed by atoms with van der Waals surface area (Å²) in [5.41, 5.74) is 0. The molecule has 72 valence electrons. The van der Waals surface area contributed by atoms with E-state index in [4.69, 9.17) is 4.43 Å². The number of halogens is 3. The molecular weight excluding hydrogens is 185 g/mol. The second kappa shape index (κ2) is 3.61. The maximum Gasteiger partial charge on any atom is 0.417 e. The molecule has 0 aliphatic heterocycles. The first-order valence-corrected chi connectivity index (χ1v) is 6.95. The fourth-order valence-electron chi connectivity index (χ4n) is 0.629. The maximum atomic E-state index is 12.1. The average Bonchev–Trinajstić information content (AvgIpc) is 1.78. The molecule has 0 aromatic carbocycles. The smallest absolute Gasteiger partial charge is 0.403 e. The second-order valence-corrected chi connectivity index (χ2v) is 7.89. The van der Waals surface area contributed by atoms with E-state index in [0.29, 0.717) is 0 Å². The van der Waals surface area contributed by atoms with Crippen molar-refractivity contribution < 1.29 is 17.6 Å². The fourth-order valence-corrected chi connectivity index (χ4v) is 1.62. The predicted octanol–water partition coefficient (Wildman–Crippen LogP) is 2.95. The monoisotopic (exact) mass is 198 g/mol. The van der Waals surface area contributed by atoms with Gasteiger partial charge in [-0.2, -0.15) is 13.2 Å². The molecule has 1 atom stereocenters. The van der Waals surface area contributed by atoms with Crippen LogP contribution in [0.3, 0.4) is 0 Å². The van der Waals surface area contributed by atoms with Crippen molar-refractivity contribution in [2.24, 2.45) is 0 Å². The minimum absolute atomic E-state index is 0.790. The molecular formula is C7H13F3OSi. The molecule has 5 heteroatoms. The zero-order valence-corrected chi connectivity index (χ0v) is 8.40. The number of hydrogen-bond donors (Lipinski definition) is 0. The Morgan fingerprint density at radius 2 is 1.75 bits per heavy atom. The molecule has 12 heavy (non-hydrogen) atoms. The molecule has 0 heterocycles. The van der Waals surface area contributed by atoms with E-state index in [9.17, 15) is 13.2 Å². The minimum Gasteiger partial charge on any atom is -0.403 e. The Balaban J connectivity index is 4.30. The predicted molar refractivity (Wildman–Crippen MR) is 44.5 cm³/mol. The van der Waals surface area contributed by atoms with Crippen molar-refractivity contribution in [2.45, 2.75) is 31.9 Å². The van der Waals surface area contributed by atoms with Crippen LogP contribution in [-0.4, -0.2) is 20.6 Å². The van der Waals surface area contributed by atoms with Gasteiger partial charge in [-0.05, 0) is 19.6 Å². The highest BCUT2D eigenvalue weighted by atomic mass is 28.4. The van der Waals surface area contributed by atoms with E-state index in [-0.39, 0.29) is 0 Å². The van der Waals surface area contributed by atoms with Crippen LogP contribution >= 0.6 is 0 Å². The molecule has 0 spiro atoms. The first-order chi connectivity index (χ1) is 5.17. The van der Waals surface area contributed by atoms with Gasteiger partial charge in [0.25, 0.3) is 0 Å². The van der Waals surface area contributed by atoms with Crippen molar-refractivity contribution in [3.63, 3.8) is 0 Å². The summed E-state index contributed by atoms with van der Waals surface area (Å²) in [6, 6.07) is 0. The number of rotatable bonds is 3. The summed E-state index contributed by atoms with van der Waals surface area (Å²) in [6.45, 7) is 8.20. The molecule has 0 saturated heterocycles. The van der Waals surface area contributed by atoms with E-state index in [1.165, 1.54) is 0 Å². The third kappa shape index (κ3) is 4.56. The Hall–Kier alpha value is -0.293. The van der Waals surface area contributed by atoms with E-state index >= 15 is 0 Å². The van der Waals surface area contributed by atoms with Crippen LogP contribution in [0.5, 0.6) is 0 Å². The summed E-state index contributed by atoms with van der Waals surface area (Å²) in [7, 11) is -2.14. The Labute approximate surface area is 71.4 Å². The largest absolute Gasteiger partial charge is 0.417 e. The number of hydrogen-bond acceptors (Lipinski definition) is 1. The van der Waals surface area contributed by atoms with Crippen LogP contribution in [-0.2, 0) is 4.43 Å². The third-order valence-corrected chi connectivity index (χ3v) is 1.98. The molecule has 0 radical (unpaired) electrons. The molecule has 0 aromatic rings. The average molecular weight is 198 g/mol. The summed E-state index contributed by atoms with van der Waals surface area (Å²) < 4.78 is 41.1. The van der Waals surface area contributed by atoms with E-state index in [0.717, 1.165) is 6.08 Å². The van der Waals surface area contributed by atoms with Crippen molar-refractivity contribution in [3.05, 3.63) is 12.7 Å². The van der Waals surface area contributed by atoms with Gasteiger partial charge in [0.2, 0.25) is 0 Å². The van der Waals surface area contributed by atoms with Crippen LogP contribution < -0.4 is 0 Å². The van der Waals surface area contributed by atoms with Crippen molar-refractivity contribution in [2.75, 3.05) is 0 Å². The van der Waals surface area contributed by atoms with Crippen LogP contribution in [0.2, 0.25) is 19.6 Å². The lowest BCUT2D eigenvalue weighted by Gasteiger charge is -2.25. The van der Waals surface area contributed by atoms with Crippen LogP contribution in [0, 0.1) is 0 Å². The van der Waals surface area contributed by atoms with Crippen LogP contribution in [0.4, 0.5) is 13.2 Å². The van der Waals surface area contributed by atoms with Gasteiger partial charge < -0.3 is 4.43 Å². The van der Waals surface area contributed by atoms with E-state index < -0.39 is 20.6 Å². The third-order valence-electron chi connectivity index (χ3n) is 1.02. The van der Waals surface area contributed by atoms with Crippen LogP contribution in [0.15, 0.2) is 12.7 Å². The topological polar surface area (TPSA) is 9.23 Å². The summed E-state index contributed by atoms with van der Waals surface area (Å²) in [5.74, 6) is 0. The molecule has 0 aliphatic rings. The van der Waals surface area contributed by atoms with Gasteiger partial charge in [0.15, 0.2) is 14.4 Å². The van der Waals surface area contributed by atoms with Crippen molar-refractivity contribution in [1.82, 2.24) is 0 Å². The fraction of sp³-hybridized carbons (Fsp3) is 0.714. The normalized spacial score (nSPS) is 15.8. The molecule has 0 aliphatic carbocycles. The van der Waals surface area contributed by atoms with Crippen LogP contribution in [0.25, 0.3) is 0 Å². The molecule has 0 fully saturated rings. The minimum atomic E-state index is -4.33. The second-order valence-electron chi connectivity index (χ2n) is 3.43. The summed E-state index contributed by atoms with van der Waals surface area (Å²) in [5, 5.41) is 0. The lowest BCUT2D eigenvalue weighted by Crippen LogP contribution is -2.39. The Morgan fingerprint density at radius 3 is 1.83 bits per heavy atom. The summed E-state index contributed by atoms with van der Waals surface area (Å²) in [4.78, 5) is 0. The van der Waals surface area contributed by atoms with Gasteiger partial charge in [0.05, 0.1) is 0 Å². The van der Waals surface area contributed by atoms with Gasteiger partial charge in [-0.15, -0.1) is 6.58 Å². The molecule has 0 N–H and O–H groups in total. The standard InChI is InChI=1S/C7H13F3OSi/c1-5-6(7(8,9)10)11-12(2,3)4/h5-6H,1H2,2-4H3. The molecule has 0 saturated carbocycles. The molecule has 0 amide bonds. The van der Waals surface area contributed by atoms with E-state index in [2.05, 4.69) is 6.58 Å². The SMILES string of the molecule is C=CC(O[Si](C)(C)C)C(F)(F)F. The highest BCUT2D eigenvalue weighted by Crippen LogP contribution is 2.26. The van der Waals surface area contributed by atoms with Gasteiger partial charge in [-0.1, -0.05) is 6.08 Å². The molecule has 0 aromatic heterocycles. The lowest BCUT2D eigenvalue weighted by atomic mass is 10.3. The molecule has 1 unspecified atom stereocenters. The summed E-state index contributed by atoms with van der Waals surface area (Å²) in [6.07, 6.45) is -5.36. The zero-order valence-electron chi connectivity index (χ0n) is 7.40. The number of alkyl halides is 3. The van der Waals surface area contributed by atoms with Gasteiger partial charge in [-0.25, -0.2) is 0 Å². The Morgan fingerprint density at radius 1 is 1.33 bits per heavy atom. The quantitative estimate of drug-likeness (QED) is 0.500. The Kier molecular flexibility index (Phi) is 3.53. The molecule has 0 rings (SSSR count). The van der Waals surface area contributed by atoms with E-state index in [1.54, 1.807) is 19.6 Å².